The molecule has 0 saturated heterocycles. The van der Waals surface area contributed by atoms with Crippen molar-refractivity contribution in [2.24, 2.45) is 0 Å². The quantitative estimate of drug-likeness (QED) is 0.814. The normalized spacial score (nSPS) is 10.7. The van der Waals surface area contributed by atoms with Crippen LogP contribution in [0.3, 0.4) is 0 Å². The van der Waals surface area contributed by atoms with Crippen molar-refractivity contribution >= 4 is 11.0 Å². The first-order valence-electron chi connectivity index (χ1n) is 5.43. The van der Waals surface area contributed by atoms with E-state index < -0.39 is 0 Å². The predicted octanol–water partition coefficient (Wildman–Crippen LogP) is 2.34. The summed E-state index contributed by atoms with van der Waals surface area (Å²) in [5, 5.41) is 0.547. The highest BCUT2D eigenvalue weighted by molar-refractivity contribution is 5.77. The molecule has 90 valence electrons. The fraction of sp³-hybridized carbons (Fsp3) is 0.308. The fourth-order valence-corrected chi connectivity index (χ4v) is 1.59. The lowest BCUT2D eigenvalue weighted by Gasteiger charge is -2.04. The van der Waals surface area contributed by atoms with E-state index in [0.717, 1.165) is 0 Å². The second kappa shape index (κ2) is 5.01. The van der Waals surface area contributed by atoms with Crippen molar-refractivity contribution in [2.45, 2.75) is 13.5 Å². The number of hydrogen-bond acceptors (Lipinski definition) is 4. The van der Waals surface area contributed by atoms with Crippen LogP contribution in [0.5, 0.6) is 5.75 Å². The molecule has 4 nitrogen and oxygen atoms in total. The summed E-state index contributed by atoms with van der Waals surface area (Å²) in [6.07, 6.45) is 0. The predicted molar refractivity (Wildman–Crippen MR) is 64.4 cm³/mol. The van der Waals surface area contributed by atoms with Gasteiger partial charge in [0.1, 0.15) is 23.7 Å². The standard InChI is InChI=1S/C13H14O4/c1-3-16-8-10-6-12(14)11-5-4-9(15-2)7-13(11)17-10/h4-7H,3,8H2,1-2H3. The van der Waals surface area contributed by atoms with Gasteiger partial charge in [0, 0.05) is 18.7 Å². The van der Waals surface area contributed by atoms with Gasteiger partial charge in [-0.2, -0.15) is 0 Å². The van der Waals surface area contributed by atoms with Crippen LogP contribution in [-0.4, -0.2) is 13.7 Å². The Bertz CT molecular complexity index is 571. The van der Waals surface area contributed by atoms with E-state index in [9.17, 15) is 4.79 Å². The van der Waals surface area contributed by atoms with Crippen LogP contribution in [0.4, 0.5) is 0 Å². The zero-order valence-electron chi connectivity index (χ0n) is 9.86. The molecule has 2 rings (SSSR count). The van der Waals surface area contributed by atoms with Crippen LogP contribution < -0.4 is 10.2 Å². The van der Waals surface area contributed by atoms with Gasteiger partial charge >= 0.3 is 0 Å². The van der Waals surface area contributed by atoms with Crippen molar-refractivity contribution < 1.29 is 13.9 Å². The third kappa shape index (κ3) is 2.47. The molecule has 0 unspecified atom stereocenters. The SMILES string of the molecule is CCOCc1cc(=O)c2ccc(OC)cc2o1. The lowest BCUT2D eigenvalue weighted by atomic mass is 10.2. The first-order valence-corrected chi connectivity index (χ1v) is 5.43. The van der Waals surface area contributed by atoms with Gasteiger partial charge in [-0.1, -0.05) is 0 Å². The van der Waals surface area contributed by atoms with Crippen LogP contribution in [0.25, 0.3) is 11.0 Å². The van der Waals surface area contributed by atoms with Crippen molar-refractivity contribution in [3.8, 4) is 5.75 Å². The maximum absolute atomic E-state index is 11.8. The summed E-state index contributed by atoms with van der Waals surface area (Å²) < 4.78 is 15.9. The number of benzene rings is 1. The Labute approximate surface area is 98.8 Å². The van der Waals surface area contributed by atoms with Gasteiger partial charge in [-0.15, -0.1) is 0 Å². The molecule has 0 saturated carbocycles. The minimum absolute atomic E-state index is 0.0661. The molecule has 0 aliphatic rings. The number of hydrogen-bond donors (Lipinski definition) is 0. The molecule has 0 atom stereocenters. The molecule has 1 heterocycles. The number of methoxy groups -OCH3 is 1. The number of fused-ring (bicyclic) bond motifs is 1. The molecule has 0 aliphatic carbocycles. The van der Waals surface area contributed by atoms with Gasteiger partial charge in [0.15, 0.2) is 5.43 Å². The Morgan fingerprint density at radius 2 is 2.12 bits per heavy atom. The topological polar surface area (TPSA) is 48.7 Å². The second-order valence-electron chi connectivity index (χ2n) is 3.58. The largest absolute Gasteiger partial charge is 0.497 e. The molecule has 0 amide bonds. The van der Waals surface area contributed by atoms with Gasteiger partial charge in [0.05, 0.1) is 12.5 Å². The molecule has 4 heteroatoms. The molecule has 0 N–H and O–H groups in total. The smallest absolute Gasteiger partial charge is 0.193 e. The van der Waals surface area contributed by atoms with Crippen LogP contribution >= 0.6 is 0 Å². The Morgan fingerprint density at radius 3 is 2.82 bits per heavy atom. The summed E-state index contributed by atoms with van der Waals surface area (Å²) >= 11 is 0. The van der Waals surface area contributed by atoms with Gasteiger partial charge in [-0.3, -0.25) is 4.79 Å². The summed E-state index contributed by atoms with van der Waals surface area (Å²) in [6.45, 7) is 2.78. The number of rotatable bonds is 4. The molecule has 0 fully saturated rings. The van der Waals surface area contributed by atoms with E-state index in [1.54, 1.807) is 25.3 Å². The Kier molecular flexibility index (Phi) is 3.44. The zero-order chi connectivity index (χ0) is 12.3. The van der Waals surface area contributed by atoms with Crippen LogP contribution in [0.1, 0.15) is 12.7 Å². The highest BCUT2D eigenvalue weighted by Gasteiger charge is 2.06. The van der Waals surface area contributed by atoms with E-state index in [-0.39, 0.29) is 5.43 Å². The van der Waals surface area contributed by atoms with Crippen molar-refractivity contribution in [3.05, 3.63) is 40.2 Å². The summed E-state index contributed by atoms with van der Waals surface area (Å²) in [4.78, 5) is 11.8. The van der Waals surface area contributed by atoms with E-state index in [4.69, 9.17) is 13.9 Å². The third-order valence-corrected chi connectivity index (χ3v) is 2.44. The van der Waals surface area contributed by atoms with E-state index in [0.29, 0.717) is 35.7 Å². The van der Waals surface area contributed by atoms with Gasteiger partial charge in [-0.05, 0) is 19.1 Å². The lowest BCUT2D eigenvalue weighted by molar-refractivity contribution is 0.118. The minimum Gasteiger partial charge on any atom is -0.497 e. The highest BCUT2D eigenvalue weighted by Crippen LogP contribution is 2.19. The molecule has 17 heavy (non-hydrogen) atoms. The fourth-order valence-electron chi connectivity index (χ4n) is 1.59. The highest BCUT2D eigenvalue weighted by atomic mass is 16.5. The van der Waals surface area contributed by atoms with E-state index in [1.165, 1.54) is 6.07 Å². The minimum atomic E-state index is -0.0661. The van der Waals surface area contributed by atoms with Crippen molar-refractivity contribution in [1.82, 2.24) is 0 Å². The maximum Gasteiger partial charge on any atom is 0.193 e. The third-order valence-electron chi connectivity index (χ3n) is 2.44. The van der Waals surface area contributed by atoms with E-state index in [1.807, 2.05) is 6.92 Å². The molecule has 1 aromatic heterocycles. The van der Waals surface area contributed by atoms with Crippen LogP contribution in [0.15, 0.2) is 33.5 Å². The van der Waals surface area contributed by atoms with Crippen LogP contribution in [0.2, 0.25) is 0 Å². The van der Waals surface area contributed by atoms with Crippen molar-refractivity contribution in [3.63, 3.8) is 0 Å². The van der Waals surface area contributed by atoms with Gasteiger partial charge in [0.25, 0.3) is 0 Å². The summed E-state index contributed by atoms with van der Waals surface area (Å²) in [5.74, 6) is 1.19. The molecule has 0 aliphatic heterocycles. The average Bonchev–Trinajstić information content (AvgIpc) is 2.35. The van der Waals surface area contributed by atoms with Gasteiger partial charge in [0.2, 0.25) is 0 Å². The summed E-state index contributed by atoms with van der Waals surface area (Å²) in [5.41, 5.74) is 0.454. The van der Waals surface area contributed by atoms with E-state index in [2.05, 4.69) is 0 Å². The molecule has 0 bridgehead atoms. The maximum atomic E-state index is 11.8. The first-order chi connectivity index (χ1) is 8.24. The summed E-state index contributed by atoms with van der Waals surface area (Å²) in [6, 6.07) is 6.60. The molecule has 0 radical (unpaired) electrons. The molecule has 0 spiro atoms. The average molecular weight is 234 g/mol. The van der Waals surface area contributed by atoms with E-state index >= 15 is 0 Å². The Hall–Kier alpha value is -1.81. The monoisotopic (exact) mass is 234 g/mol. The molecule has 2 aromatic rings. The Morgan fingerprint density at radius 1 is 1.29 bits per heavy atom. The molecular formula is C13H14O4. The van der Waals surface area contributed by atoms with Crippen molar-refractivity contribution in [2.75, 3.05) is 13.7 Å². The van der Waals surface area contributed by atoms with Crippen LogP contribution in [-0.2, 0) is 11.3 Å². The van der Waals surface area contributed by atoms with Crippen molar-refractivity contribution in [1.29, 1.82) is 0 Å². The zero-order valence-corrected chi connectivity index (χ0v) is 9.86. The van der Waals surface area contributed by atoms with Gasteiger partial charge in [-0.25, -0.2) is 0 Å². The van der Waals surface area contributed by atoms with Crippen LogP contribution in [0, 0.1) is 0 Å². The molecule has 1 aromatic carbocycles. The second-order valence-corrected chi connectivity index (χ2v) is 3.58. The Balaban J connectivity index is 2.50. The number of ether oxygens (including phenoxy) is 2. The lowest BCUT2D eigenvalue weighted by Crippen LogP contribution is -2.03. The van der Waals surface area contributed by atoms with Gasteiger partial charge < -0.3 is 13.9 Å². The summed E-state index contributed by atoms with van der Waals surface area (Å²) in [7, 11) is 1.57. The molecular weight excluding hydrogens is 220 g/mol. The first kappa shape index (κ1) is 11.7.